The van der Waals surface area contributed by atoms with Gasteiger partial charge in [0.15, 0.2) is 0 Å². The Morgan fingerprint density at radius 2 is 1.71 bits per heavy atom. The molecule has 0 radical (unpaired) electrons. The lowest BCUT2D eigenvalue weighted by molar-refractivity contribution is 0.100. The highest BCUT2D eigenvalue weighted by Gasteiger charge is 2.30. The number of primary amides is 1. The number of anilines is 1. The molecule has 4 aromatic rings. The van der Waals surface area contributed by atoms with E-state index in [-0.39, 0.29) is 6.04 Å². The van der Waals surface area contributed by atoms with E-state index in [0.717, 1.165) is 29.8 Å². The number of carbonyl (C=O) groups excluding carboxylic acids is 1. The van der Waals surface area contributed by atoms with Crippen LogP contribution < -0.4 is 15.8 Å². The maximum atomic E-state index is 12.4. The van der Waals surface area contributed by atoms with E-state index in [2.05, 4.69) is 10.3 Å². The molecule has 7 heteroatoms. The number of ether oxygens (including phenoxy) is 1. The lowest BCUT2D eigenvalue weighted by Gasteiger charge is -2.26. The third-order valence-corrected chi connectivity index (χ3v) is 5.36. The van der Waals surface area contributed by atoms with Crippen molar-refractivity contribution >= 4 is 11.7 Å². The molecule has 0 saturated heterocycles. The van der Waals surface area contributed by atoms with Gasteiger partial charge in [-0.2, -0.15) is 5.10 Å². The summed E-state index contributed by atoms with van der Waals surface area (Å²) in [5.41, 5.74) is 8.62. The first-order valence-electron chi connectivity index (χ1n) is 10.1. The summed E-state index contributed by atoms with van der Waals surface area (Å²) in [6.45, 7) is 0.724. The molecule has 5 rings (SSSR count). The number of nitrogens with one attached hydrogen (secondary N) is 1. The van der Waals surface area contributed by atoms with Crippen LogP contribution in [0.1, 0.15) is 28.4 Å². The van der Waals surface area contributed by atoms with Crippen LogP contribution in [0.4, 0.5) is 5.82 Å². The van der Waals surface area contributed by atoms with E-state index in [9.17, 15) is 4.79 Å². The lowest BCUT2D eigenvalue weighted by atomic mass is 10.0. The summed E-state index contributed by atoms with van der Waals surface area (Å²) >= 11 is 0. The Labute approximate surface area is 179 Å². The van der Waals surface area contributed by atoms with Gasteiger partial charge < -0.3 is 15.8 Å². The Bertz CT molecular complexity index is 1200. The molecule has 7 nitrogen and oxygen atoms in total. The SMILES string of the molecule is NC(=O)c1c(-c2ccc(Oc3ccccc3)cc2)nn2c1NCCC2c1ccncc1. The van der Waals surface area contributed by atoms with Crippen LogP contribution in [0.15, 0.2) is 79.1 Å². The molecule has 3 heterocycles. The van der Waals surface area contributed by atoms with E-state index < -0.39 is 5.91 Å². The standard InChI is InChI=1S/C24H21N5O2/c25-23(30)21-22(17-6-8-19(9-7-17)31-18-4-2-1-3-5-18)28-29-20(12-15-27-24(21)29)16-10-13-26-14-11-16/h1-11,13-14,20,27H,12,15H2,(H2,25,30). The number of para-hydroxylation sites is 1. The summed E-state index contributed by atoms with van der Waals surface area (Å²) in [5.74, 6) is 1.60. The van der Waals surface area contributed by atoms with Gasteiger partial charge in [0.05, 0.1) is 6.04 Å². The van der Waals surface area contributed by atoms with Crippen LogP contribution in [-0.2, 0) is 0 Å². The maximum absolute atomic E-state index is 12.4. The van der Waals surface area contributed by atoms with Crippen molar-refractivity contribution in [2.75, 3.05) is 11.9 Å². The molecule has 1 atom stereocenters. The Balaban J connectivity index is 1.52. The average Bonchev–Trinajstić information content (AvgIpc) is 3.21. The van der Waals surface area contributed by atoms with Crippen molar-refractivity contribution in [3.8, 4) is 22.8 Å². The van der Waals surface area contributed by atoms with Crippen LogP contribution in [0.5, 0.6) is 11.5 Å². The minimum atomic E-state index is -0.510. The Morgan fingerprint density at radius 3 is 2.42 bits per heavy atom. The molecule has 1 aliphatic heterocycles. The molecule has 3 N–H and O–H groups in total. The summed E-state index contributed by atoms with van der Waals surface area (Å²) < 4.78 is 7.73. The summed E-state index contributed by atoms with van der Waals surface area (Å²) in [5, 5.41) is 8.11. The third-order valence-electron chi connectivity index (χ3n) is 5.36. The number of pyridine rings is 1. The van der Waals surface area contributed by atoms with Gasteiger partial charge in [-0.25, -0.2) is 4.68 Å². The molecule has 0 aliphatic carbocycles. The predicted octanol–water partition coefficient (Wildman–Crippen LogP) is 4.24. The second kappa shape index (κ2) is 7.95. The van der Waals surface area contributed by atoms with E-state index in [0.29, 0.717) is 22.8 Å². The van der Waals surface area contributed by atoms with Crippen molar-refractivity contribution in [3.63, 3.8) is 0 Å². The van der Waals surface area contributed by atoms with Crippen LogP contribution in [0.2, 0.25) is 0 Å². The average molecular weight is 411 g/mol. The van der Waals surface area contributed by atoms with Gasteiger partial charge in [0.1, 0.15) is 28.6 Å². The van der Waals surface area contributed by atoms with E-state index in [4.69, 9.17) is 15.6 Å². The molecule has 31 heavy (non-hydrogen) atoms. The first-order chi connectivity index (χ1) is 15.2. The fourth-order valence-corrected chi connectivity index (χ4v) is 3.91. The summed E-state index contributed by atoms with van der Waals surface area (Å²) in [6.07, 6.45) is 4.38. The molecule has 1 amide bonds. The molecule has 0 bridgehead atoms. The fraction of sp³-hybridized carbons (Fsp3) is 0.125. The summed E-state index contributed by atoms with van der Waals surface area (Å²) in [4.78, 5) is 16.5. The maximum Gasteiger partial charge on any atom is 0.254 e. The topological polar surface area (TPSA) is 95.1 Å². The molecular formula is C24H21N5O2. The van der Waals surface area contributed by atoms with Crippen LogP contribution in [0.3, 0.4) is 0 Å². The van der Waals surface area contributed by atoms with Gasteiger partial charge in [0.2, 0.25) is 0 Å². The molecule has 154 valence electrons. The normalized spacial score (nSPS) is 15.0. The Kier molecular flexibility index (Phi) is 4.84. The molecule has 1 unspecified atom stereocenters. The van der Waals surface area contributed by atoms with E-state index in [1.807, 2.05) is 71.4 Å². The Morgan fingerprint density at radius 1 is 1.00 bits per heavy atom. The predicted molar refractivity (Wildman–Crippen MR) is 118 cm³/mol. The van der Waals surface area contributed by atoms with Gasteiger partial charge >= 0.3 is 0 Å². The third kappa shape index (κ3) is 3.61. The van der Waals surface area contributed by atoms with Crippen LogP contribution in [-0.4, -0.2) is 27.2 Å². The molecule has 2 aromatic heterocycles. The molecule has 0 spiro atoms. The zero-order valence-electron chi connectivity index (χ0n) is 16.7. The lowest BCUT2D eigenvalue weighted by Crippen LogP contribution is -2.26. The molecule has 0 fully saturated rings. The number of nitrogens with two attached hydrogens (primary N) is 1. The number of fused-ring (bicyclic) bond motifs is 1. The number of hydrogen-bond acceptors (Lipinski definition) is 5. The summed E-state index contributed by atoms with van der Waals surface area (Å²) in [6, 6.07) is 21.0. The first kappa shape index (κ1) is 18.9. The number of carbonyl (C=O) groups is 1. The van der Waals surface area contributed by atoms with Gasteiger partial charge in [0, 0.05) is 24.5 Å². The van der Waals surface area contributed by atoms with E-state index >= 15 is 0 Å². The highest BCUT2D eigenvalue weighted by atomic mass is 16.5. The van der Waals surface area contributed by atoms with Crippen LogP contribution in [0.25, 0.3) is 11.3 Å². The van der Waals surface area contributed by atoms with Crippen molar-refractivity contribution in [2.45, 2.75) is 12.5 Å². The number of nitrogens with zero attached hydrogens (tertiary/aromatic N) is 3. The van der Waals surface area contributed by atoms with Gasteiger partial charge in [-0.3, -0.25) is 9.78 Å². The van der Waals surface area contributed by atoms with Crippen molar-refractivity contribution in [3.05, 3.63) is 90.3 Å². The van der Waals surface area contributed by atoms with Gasteiger partial charge in [-0.05, 0) is 60.5 Å². The fourth-order valence-electron chi connectivity index (χ4n) is 3.91. The van der Waals surface area contributed by atoms with Crippen LogP contribution >= 0.6 is 0 Å². The molecule has 0 saturated carbocycles. The van der Waals surface area contributed by atoms with Crippen molar-refractivity contribution < 1.29 is 9.53 Å². The largest absolute Gasteiger partial charge is 0.457 e. The van der Waals surface area contributed by atoms with Crippen molar-refractivity contribution in [1.29, 1.82) is 0 Å². The summed E-state index contributed by atoms with van der Waals surface area (Å²) in [7, 11) is 0. The number of hydrogen-bond donors (Lipinski definition) is 2. The highest BCUT2D eigenvalue weighted by molar-refractivity contribution is 6.03. The second-order valence-corrected chi connectivity index (χ2v) is 7.33. The number of rotatable bonds is 5. The number of aromatic nitrogens is 3. The van der Waals surface area contributed by atoms with Crippen LogP contribution in [0, 0.1) is 0 Å². The molecule has 2 aromatic carbocycles. The number of amides is 1. The van der Waals surface area contributed by atoms with Crippen molar-refractivity contribution in [1.82, 2.24) is 14.8 Å². The molecule has 1 aliphatic rings. The van der Waals surface area contributed by atoms with Gasteiger partial charge in [-0.15, -0.1) is 0 Å². The van der Waals surface area contributed by atoms with Gasteiger partial charge in [0.25, 0.3) is 5.91 Å². The minimum absolute atomic E-state index is 0.00628. The Hall–Kier alpha value is -4.13. The zero-order valence-corrected chi connectivity index (χ0v) is 16.7. The minimum Gasteiger partial charge on any atom is -0.457 e. The monoisotopic (exact) mass is 411 g/mol. The van der Waals surface area contributed by atoms with Crippen molar-refractivity contribution in [2.24, 2.45) is 5.73 Å². The second-order valence-electron chi connectivity index (χ2n) is 7.33. The van der Waals surface area contributed by atoms with E-state index in [1.165, 1.54) is 0 Å². The van der Waals surface area contributed by atoms with Gasteiger partial charge in [-0.1, -0.05) is 18.2 Å². The smallest absolute Gasteiger partial charge is 0.254 e. The zero-order chi connectivity index (χ0) is 21.2. The number of benzene rings is 2. The van der Waals surface area contributed by atoms with E-state index in [1.54, 1.807) is 12.4 Å². The highest BCUT2D eigenvalue weighted by Crippen LogP contribution is 2.37. The quantitative estimate of drug-likeness (QED) is 0.512. The molecular weight excluding hydrogens is 390 g/mol. The first-order valence-corrected chi connectivity index (χ1v) is 10.1.